The third kappa shape index (κ3) is 1.47. The first-order valence-corrected chi connectivity index (χ1v) is 6.17. The number of nitrogen functional groups attached to an aromatic ring is 1. The Morgan fingerprint density at radius 1 is 1.16 bits per heavy atom. The van der Waals surface area contributed by atoms with E-state index in [1.54, 1.807) is 6.33 Å². The summed E-state index contributed by atoms with van der Waals surface area (Å²) in [4.78, 5) is 12.4. The molecule has 0 aliphatic carbocycles. The lowest BCUT2D eigenvalue weighted by molar-refractivity contribution is 0.0646. The van der Waals surface area contributed by atoms with Crippen LogP contribution in [0.25, 0.3) is 11.2 Å². The zero-order valence-corrected chi connectivity index (χ0v) is 10.1. The van der Waals surface area contributed by atoms with Gasteiger partial charge in [-0.2, -0.15) is 0 Å². The number of anilines is 1. The highest BCUT2D eigenvalue weighted by Gasteiger charge is 2.47. The van der Waals surface area contributed by atoms with Gasteiger partial charge in [0.05, 0.1) is 31.6 Å². The van der Waals surface area contributed by atoms with Gasteiger partial charge in [-0.15, -0.1) is 0 Å². The average Bonchev–Trinajstić information content (AvgIpc) is 3.06. The molecule has 4 unspecified atom stereocenters. The van der Waals surface area contributed by atoms with Crippen molar-refractivity contribution in [2.45, 2.75) is 24.3 Å². The summed E-state index contributed by atoms with van der Waals surface area (Å²) in [5, 5.41) is 0. The maximum absolute atomic E-state index is 5.95. The van der Waals surface area contributed by atoms with Gasteiger partial charge in [0.15, 0.2) is 11.5 Å². The predicted molar refractivity (Wildman–Crippen MR) is 66.2 cm³/mol. The zero-order valence-electron chi connectivity index (χ0n) is 10.1. The summed E-state index contributed by atoms with van der Waals surface area (Å²) in [5.74, 6) is 0.378. The summed E-state index contributed by atoms with van der Waals surface area (Å²) in [7, 11) is 0. The molecule has 100 valence electrons. The molecular formula is C11H14N6O2. The van der Waals surface area contributed by atoms with E-state index in [2.05, 4.69) is 15.0 Å². The quantitative estimate of drug-likeness (QED) is 0.682. The Labute approximate surface area is 108 Å². The molecule has 2 saturated heterocycles. The lowest BCUT2D eigenvalue weighted by atomic mass is 10.1. The van der Waals surface area contributed by atoms with Crippen LogP contribution in [-0.2, 0) is 9.47 Å². The highest BCUT2D eigenvalue weighted by Crippen LogP contribution is 2.35. The maximum atomic E-state index is 5.95. The van der Waals surface area contributed by atoms with E-state index in [0.29, 0.717) is 30.2 Å². The molecular weight excluding hydrogens is 248 g/mol. The topological polar surface area (TPSA) is 114 Å². The number of nitrogens with two attached hydrogens (primary N) is 2. The molecule has 19 heavy (non-hydrogen) atoms. The summed E-state index contributed by atoms with van der Waals surface area (Å²) in [6, 6.07) is -0.0395. The number of fused-ring (bicyclic) bond motifs is 2. The van der Waals surface area contributed by atoms with Crippen LogP contribution >= 0.6 is 0 Å². The van der Waals surface area contributed by atoms with Gasteiger partial charge in [-0.25, -0.2) is 15.0 Å². The van der Waals surface area contributed by atoms with Gasteiger partial charge in [-0.1, -0.05) is 0 Å². The number of hydrogen-bond acceptors (Lipinski definition) is 7. The molecule has 0 aromatic carbocycles. The summed E-state index contributed by atoms with van der Waals surface area (Å²) in [5.41, 5.74) is 13.0. The summed E-state index contributed by atoms with van der Waals surface area (Å²) in [6.45, 7) is 1.06. The average molecular weight is 262 g/mol. The molecule has 2 fully saturated rings. The van der Waals surface area contributed by atoms with E-state index in [9.17, 15) is 0 Å². The van der Waals surface area contributed by atoms with Crippen molar-refractivity contribution in [3.8, 4) is 0 Å². The van der Waals surface area contributed by atoms with Crippen LogP contribution in [0.5, 0.6) is 0 Å². The van der Waals surface area contributed by atoms with Crippen LogP contribution in [0.15, 0.2) is 12.7 Å². The smallest absolute Gasteiger partial charge is 0.165 e. The first kappa shape index (κ1) is 11.1. The van der Waals surface area contributed by atoms with Crippen molar-refractivity contribution in [2.24, 2.45) is 5.73 Å². The number of imidazole rings is 1. The van der Waals surface area contributed by atoms with E-state index >= 15 is 0 Å². The molecule has 4 N–H and O–H groups in total. The normalized spacial score (nSPS) is 33.9. The van der Waals surface area contributed by atoms with E-state index in [0.717, 1.165) is 0 Å². The van der Waals surface area contributed by atoms with Crippen LogP contribution in [-0.4, -0.2) is 51.0 Å². The first-order valence-electron chi connectivity index (χ1n) is 6.17. The molecule has 0 spiro atoms. The Balaban J connectivity index is 1.77. The lowest BCUT2D eigenvalue weighted by Gasteiger charge is -2.17. The minimum absolute atomic E-state index is 0.0258. The van der Waals surface area contributed by atoms with Gasteiger partial charge in [-0.05, 0) is 0 Å². The van der Waals surface area contributed by atoms with Crippen molar-refractivity contribution in [1.82, 2.24) is 19.5 Å². The largest absolute Gasteiger partial charge is 0.382 e. The summed E-state index contributed by atoms with van der Waals surface area (Å²) >= 11 is 0. The minimum Gasteiger partial charge on any atom is -0.382 e. The Morgan fingerprint density at radius 3 is 2.89 bits per heavy atom. The Morgan fingerprint density at radius 2 is 2.00 bits per heavy atom. The Kier molecular flexibility index (Phi) is 2.25. The van der Waals surface area contributed by atoms with Crippen molar-refractivity contribution in [2.75, 3.05) is 18.9 Å². The third-order valence-corrected chi connectivity index (χ3v) is 3.81. The van der Waals surface area contributed by atoms with Gasteiger partial charge in [0.25, 0.3) is 0 Å². The van der Waals surface area contributed by atoms with Gasteiger partial charge < -0.3 is 25.5 Å². The molecule has 0 radical (unpaired) electrons. The zero-order chi connectivity index (χ0) is 13.0. The molecule has 0 bridgehead atoms. The van der Waals surface area contributed by atoms with Gasteiger partial charge in [-0.3, -0.25) is 0 Å². The van der Waals surface area contributed by atoms with Crippen molar-refractivity contribution in [3.05, 3.63) is 12.7 Å². The molecule has 4 heterocycles. The molecule has 0 amide bonds. The standard InChI is InChI=1S/C11H14N6O2/c12-5-1-18-9-6(2-19-8(5)9)17-4-16-7-10(13)14-3-15-11(7)17/h3-6,8-9H,1-2,12H2,(H2,13,14,15). The summed E-state index contributed by atoms with van der Waals surface area (Å²) in [6.07, 6.45) is 3.04. The van der Waals surface area contributed by atoms with Gasteiger partial charge in [0.2, 0.25) is 0 Å². The number of nitrogens with zero attached hydrogens (tertiary/aromatic N) is 4. The van der Waals surface area contributed by atoms with Crippen LogP contribution in [0.3, 0.4) is 0 Å². The van der Waals surface area contributed by atoms with Gasteiger partial charge >= 0.3 is 0 Å². The molecule has 8 heteroatoms. The second kappa shape index (κ2) is 3.86. The molecule has 4 rings (SSSR count). The highest BCUT2D eigenvalue weighted by molar-refractivity contribution is 5.81. The predicted octanol–water partition coefficient (Wildman–Crippen LogP) is -0.925. The third-order valence-electron chi connectivity index (χ3n) is 3.81. The van der Waals surface area contributed by atoms with E-state index in [4.69, 9.17) is 20.9 Å². The lowest BCUT2D eigenvalue weighted by Crippen LogP contribution is -2.36. The Hall–Kier alpha value is -1.77. The molecule has 4 atom stereocenters. The first-order chi connectivity index (χ1) is 9.25. The molecule has 2 aromatic heterocycles. The second-order valence-electron chi connectivity index (χ2n) is 4.91. The minimum atomic E-state index is -0.0653. The fourth-order valence-corrected chi connectivity index (χ4v) is 2.86. The van der Waals surface area contributed by atoms with Crippen LogP contribution in [0, 0.1) is 0 Å². The molecule has 2 aliphatic rings. The number of aromatic nitrogens is 4. The molecule has 0 saturated carbocycles. The van der Waals surface area contributed by atoms with Crippen molar-refractivity contribution in [3.63, 3.8) is 0 Å². The van der Waals surface area contributed by atoms with E-state index in [-0.39, 0.29) is 24.3 Å². The molecule has 2 aromatic rings. The molecule has 8 nitrogen and oxygen atoms in total. The second-order valence-corrected chi connectivity index (χ2v) is 4.91. The van der Waals surface area contributed by atoms with E-state index in [1.807, 2.05) is 4.57 Å². The van der Waals surface area contributed by atoms with E-state index < -0.39 is 0 Å². The fraction of sp³-hybridized carbons (Fsp3) is 0.545. The van der Waals surface area contributed by atoms with Crippen molar-refractivity contribution < 1.29 is 9.47 Å². The Bertz CT molecular complexity index is 629. The summed E-state index contributed by atoms with van der Waals surface area (Å²) < 4.78 is 13.4. The van der Waals surface area contributed by atoms with Gasteiger partial charge in [0.1, 0.15) is 24.1 Å². The van der Waals surface area contributed by atoms with Crippen LogP contribution in [0.2, 0.25) is 0 Å². The van der Waals surface area contributed by atoms with E-state index in [1.165, 1.54) is 6.33 Å². The van der Waals surface area contributed by atoms with Gasteiger partial charge in [0, 0.05) is 0 Å². The monoisotopic (exact) mass is 262 g/mol. The van der Waals surface area contributed by atoms with Crippen LogP contribution < -0.4 is 11.5 Å². The fourth-order valence-electron chi connectivity index (χ4n) is 2.86. The van der Waals surface area contributed by atoms with Crippen molar-refractivity contribution >= 4 is 17.0 Å². The maximum Gasteiger partial charge on any atom is 0.165 e. The van der Waals surface area contributed by atoms with Crippen molar-refractivity contribution in [1.29, 1.82) is 0 Å². The highest BCUT2D eigenvalue weighted by atomic mass is 16.6. The molecule has 2 aliphatic heterocycles. The number of hydrogen-bond donors (Lipinski definition) is 2. The SMILES string of the molecule is Nc1ncnc2c1ncn2C1COC2C(N)COC21. The number of ether oxygens (including phenoxy) is 2. The van der Waals surface area contributed by atoms with Crippen LogP contribution in [0.4, 0.5) is 5.82 Å². The van der Waals surface area contributed by atoms with Crippen LogP contribution in [0.1, 0.15) is 6.04 Å². The number of rotatable bonds is 1.